The largest absolute Gasteiger partial charge is 0.269 e. The van der Waals surface area contributed by atoms with Crippen LogP contribution in [0.3, 0.4) is 0 Å². The van der Waals surface area contributed by atoms with E-state index < -0.39 is 0 Å². The van der Waals surface area contributed by atoms with Crippen molar-refractivity contribution in [3.63, 3.8) is 0 Å². The third kappa shape index (κ3) is 6.59. The molecule has 0 N–H and O–H groups in total. The van der Waals surface area contributed by atoms with Gasteiger partial charge in [0, 0.05) is 0 Å². The second-order valence-corrected chi connectivity index (χ2v) is 3.08. The number of hydrogen-bond donors (Lipinski definition) is 0. The van der Waals surface area contributed by atoms with Gasteiger partial charge in [0.2, 0.25) is 0 Å². The van der Waals surface area contributed by atoms with Crippen molar-refractivity contribution in [2.24, 2.45) is 10.4 Å². The lowest BCUT2D eigenvalue weighted by Crippen LogP contribution is -2.21. The molecule has 0 aliphatic heterocycles. The molecule has 0 spiro atoms. The van der Waals surface area contributed by atoms with Crippen molar-refractivity contribution in [2.45, 2.75) is 0 Å². The monoisotopic (exact) mass is 220 g/mol. The van der Waals surface area contributed by atoms with E-state index in [1.807, 2.05) is 0 Å². The highest BCUT2D eigenvalue weighted by Gasteiger charge is 1.98. The van der Waals surface area contributed by atoms with Crippen molar-refractivity contribution in [3.8, 4) is 0 Å². The minimum atomic E-state index is 0.644. The standard InChI is InChI=1S/C12H20N4/c1-5-9-15(10-6-2)13-14-16(11-7-3)12-8-4/h5-8H,1-4,9-12H2/b14-13+. The van der Waals surface area contributed by atoms with Crippen LogP contribution >= 0.6 is 0 Å². The van der Waals surface area contributed by atoms with Gasteiger partial charge in [-0.1, -0.05) is 34.8 Å². The molecule has 0 saturated heterocycles. The zero-order valence-corrected chi connectivity index (χ0v) is 9.76. The van der Waals surface area contributed by atoms with Crippen LogP contribution in [0.1, 0.15) is 0 Å². The van der Waals surface area contributed by atoms with Gasteiger partial charge < -0.3 is 0 Å². The molecule has 0 aromatic rings. The Morgan fingerprint density at radius 2 is 0.875 bits per heavy atom. The smallest absolute Gasteiger partial charge is 0.0559 e. The first kappa shape index (κ1) is 14.2. The maximum atomic E-state index is 4.09. The van der Waals surface area contributed by atoms with Crippen LogP contribution in [0.4, 0.5) is 0 Å². The molecule has 0 radical (unpaired) electrons. The Labute approximate surface area is 97.9 Å². The van der Waals surface area contributed by atoms with Gasteiger partial charge in [0.15, 0.2) is 0 Å². The third-order valence-corrected chi connectivity index (χ3v) is 1.65. The van der Waals surface area contributed by atoms with Crippen LogP contribution < -0.4 is 0 Å². The molecule has 0 saturated carbocycles. The Balaban J connectivity index is 4.32. The van der Waals surface area contributed by atoms with Gasteiger partial charge in [0.1, 0.15) is 0 Å². The highest BCUT2D eigenvalue weighted by molar-refractivity contribution is 4.78. The summed E-state index contributed by atoms with van der Waals surface area (Å²) in [5, 5.41) is 11.7. The van der Waals surface area contributed by atoms with Gasteiger partial charge in [0.05, 0.1) is 26.2 Å². The molecular weight excluding hydrogens is 200 g/mol. The first-order valence-corrected chi connectivity index (χ1v) is 5.13. The molecule has 0 atom stereocenters. The average molecular weight is 220 g/mol. The highest BCUT2D eigenvalue weighted by Crippen LogP contribution is 1.96. The Kier molecular flexibility index (Phi) is 8.59. The predicted octanol–water partition coefficient (Wildman–Crippen LogP) is 2.62. The van der Waals surface area contributed by atoms with Crippen LogP contribution in [-0.4, -0.2) is 36.2 Å². The van der Waals surface area contributed by atoms with E-state index in [4.69, 9.17) is 0 Å². The summed E-state index contributed by atoms with van der Waals surface area (Å²) in [6.07, 6.45) is 7.09. The van der Waals surface area contributed by atoms with E-state index in [9.17, 15) is 0 Å². The molecule has 0 fully saturated rings. The second-order valence-electron chi connectivity index (χ2n) is 3.08. The van der Waals surface area contributed by atoms with E-state index in [2.05, 4.69) is 36.8 Å². The van der Waals surface area contributed by atoms with Crippen LogP contribution in [0.15, 0.2) is 61.1 Å². The fourth-order valence-corrected chi connectivity index (χ4v) is 1.00. The van der Waals surface area contributed by atoms with Crippen molar-refractivity contribution < 1.29 is 0 Å². The van der Waals surface area contributed by atoms with Gasteiger partial charge in [0.25, 0.3) is 0 Å². The summed E-state index contributed by atoms with van der Waals surface area (Å²) in [6.45, 7) is 17.2. The molecule has 0 bridgehead atoms. The zero-order chi connectivity index (χ0) is 12.2. The van der Waals surface area contributed by atoms with Crippen LogP contribution in [0.25, 0.3) is 0 Å². The molecule has 0 aliphatic rings. The molecular formula is C12H20N4. The van der Waals surface area contributed by atoms with Crippen molar-refractivity contribution in [1.29, 1.82) is 0 Å². The highest BCUT2D eigenvalue weighted by atomic mass is 15.7. The molecule has 88 valence electrons. The number of rotatable bonds is 10. The minimum absolute atomic E-state index is 0.644. The lowest BCUT2D eigenvalue weighted by molar-refractivity contribution is 0.247. The van der Waals surface area contributed by atoms with Gasteiger partial charge in [-0.25, -0.2) is 0 Å². The van der Waals surface area contributed by atoms with Crippen molar-refractivity contribution >= 4 is 0 Å². The molecule has 0 aromatic carbocycles. The van der Waals surface area contributed by atoms with E-state index in [-0.39, 0.29) is 0 Å². The fourth-order valence-electron chi connectivity index (χ4n) is 1.00. The molecule has 16 heavy (non-hydrogen) atoms. The third-order valence-electron chi connectivity index (χ3n) is 1.65. The van der Waals surface area contributed by atoms with E-state index in [0.717, 1.165) is 0 Å². The molecule has 0 aromatic heterocycles. The van der Waals surface area contributed by atoms with E-state index in [1.54, 1.807) is 34.3 Å². The number of hydrogen-bond acceptors (Lipinski definition) is 2. The summed E-state index contributed by atoms with van der Waals surface area (Å²) in [5.74, 6) is 0. The summed E-state index contributed by atoms with van der Waals surface area (Å²) < 4.78 is 0. The van der Waals surface area contributed by atoms with E-state index >= 15 is 0 Å². The molecule has 4 heteroatoms. The maximum absolute atomic E-state index is 4.09. The fraction of sp³-hybridized carbons (Fsp3) is 0.333. The lowest BCUT2D eigenvalue weighted by Gasteiger charge is -2.17. The Hall–Kier alpha value is -1.84. The molecule has 0 aliphatic carbocycles. The van der Waals surface area contributed by atoms with Crippen molar-refractivity contribution in [3.05, 3.63) is 50.6 Å². The van der Waals surface area contributed by atoms with Gasteiger partial charge in [-0.3, -0.25) is 10.0 Å². The Morgan fingerprint density at radius 3 is 1.06 bits per heavy atom. The average Bonchev–Trinajstić information content (AvgIpc) is 2.27. The van der Waals surface area contributed by atoms with Crippen molar-refractivity contribution in [2.75, 3.05) is 26.2 Å². The van der Waals surface area contributed by atoms with Gasteiger partial charge in [-0.15, -0.1) is 26.3 Å². The van der Waals surface area contributed by atoms with E-state index in [1.165, 1.54) is 0 Å². The zero-order valence-electron chi connectivity index (χ0n) is 9.76. The molecule has 0 unspecified atom stereocenters. The quantitative estimate of drug-likeness (QED) is 0.322. The lowest BCUT2D eigenvalue weighted by atomic mass is 10.5. The van der Waals surface area contributed by atoms with Gasteiger partial charge >= 0.3 is 0 Å². The van der Waals surface area contributed by atoms with Crippen LogP contribution in [-0.2, 0) is 0 Å². The Bertz CT molecular complexity index is 212. The Morgan fingerprint density at radius 1 is 0.625 bits per heavy atom. The maximum Gasteiger partial charge on any atom is 0.0559 e. The summed E-state index contributed by atoms with van der Waals surface area (Å²) in [5.41, 5.74) is 0. The molecule has 0 heterocycles. The summed E-state index contributed by atoms with van der Waals surface area (Å²) in [7, 11) is 0. The summed E-state index contributed by atoms with van der Waals surface area (Å²) in [6, 6.07) is 0. The second kappa shape index (κ2) is 9.71. The number of nitrogens with zero attached hydrogens (tertiary/aromatic N) is 4. The molecule has 0 rings (SSSR count). The summed E-state index contributed by atoms with van der Waals surface area (Å²) >= 11 is 0. The minimum Gasteiger partial charge on any atom is -0.269 e. The first-order chi connectivity index (χ1) is 7.78. The van der Waals surface area contributed by atoms with Crippen LogP contribution in [0.5, 0.6) is 0 Å². The molecule has 4 nitrogen and oxygen atoms in total. The van der Waals surface area contributed by atoms with Crippen LogP contribution in [0.2, 0.25) is 0 Å². The molecule has 0 amide bonds. The SMILES string of the molecule is C=CCN(CC=C)/N=N/N(CC=C)CC=C. The normalized spacial score (nSPS) is 9.75. The predicted molar refractivity (Wildman–Crippen MR) is 68.8 cm³/mol. The summed E-state index contributed by atoms with van der Waals surface area (Å²) in [4.78, 5) is 0. The van der Waals surface area contributed by atoms with Gasteiger partial charge in [-0.05, 0) is 0 Å². The van der Waals surface area contributed by atoms with Crippen molar-refractivity contribution in [1.82, 2.24) is 10.0 Å². The van der Waals surface area contributed by atoms with Gasteiger partial charge in [-0.2, -0.15) is 0 Å². The topological polar surface area (TPSA) is 31.2 Å². The van der Waals surface area contributed by atoms with Crippen LogP contribution in [0, 0.1) is 0 Å². The first-order valence-electron chi connectivity index (χ1n) is 5.13. The van der Waals surface area contributed by atoms with E-state index in [0.29, 0.717) is 26.2 Å².